The number of carboxylic acids is 1. The molecule has 1 fully saturated rings. The minimum absolute atomic E-state index is 0.0617. The number of carbonyl (C=O) groups is 3. The molecule has 2 aromatic rings. The van der Waals surface area contributed by atoms with Crippen LogP contribution in [0.15, 0.2) is 48.5 Å². The quantitative estimate of drug-likeness (QED) is 0.461. The number of benzene rings is 2. The Morgan fingerprint density at radius 3 is 2.37 bits per heavy atom. The van der Waals surface area contributed by atoms with E-state index in [0.29, 0.717) is 18.6 Å². The number of thioether (sulfide) groups is 1. The van der Waals surface area contributed by atoms with Crippen molar-refractivity contribution < 1.29 is 29.0 Å². The van der Waals surface area contributed by atoms with Crippen LogP contribution >= 0.6 is 11.8 Å². The zero-order chi connectivity index (χ0) is 24.8. The Morgan fingerprint density at radius 1 is 1.11 bits per heavy atom. The maximum absolute atomic E-state index is 12.8. The topological polar surface area (TPSA) is 114 Å². The van der Waals surface area contributed by atoms with Crippen molar-refractivity contribution in [3.05, 3.63) is 59.7 Å². The van der Waals surface area contributed by atoms with Crippen LogP contribution in [0, 0.1) is 5.92 Å². The van der Waals surface area contributed by atoms with Crippen LogP contribution in [0.4, 0.5) is 4.79 Å². The normalized spacial score (nSPS) is 19.5. The molecule has 3 atom stereocenters. The summed E-state index contributed by atoms with van der Waals surface area (Å²) in [6, 6.07) is 15.5. The van der Waals surface area contributed by atoms with Crippen molar-refractivity contribution >= 4 is 29.7 Å². The fourth-order valence-corrected chi connectivity index (χ4v) is 5.12. The molecule has 8 nitrogen and oxygen atoms in total. The van der Waals surface area contributed by atoms with Gasteiger partial charge in [0.15, 0.2) is 0 Å². The number of carbonyl (C=O) groups excluding carboxylic acids is 2. The van der Waals surface area contributed by atoms with Crippen LogP contribution in [0.3, 0.4) is 0 Å². The van der Waals surface area contributed by atoms with E-state index in [1.165, 1.54) is 0 Å². The molecule has 0 unspecified atom stereocenters. The van der Waals surface area contributed by atoms with Gasteiger partial charge >= 0.3 is 12.1 Å². The Kier molecular flexibility index (Phi) is 8.30. The first-order chi connectivity index (χ1) is 17.0. The number of hydrogen-bond donors (Lipinski definition) is 3. The number of rotatable bonds is 10. The smallest absolute Gasteiger partial charge is 0.407 e. The van der Waals surface area contributed by atoms with E-state index in [1.54, 1.807) is 11.8 Å². The van der Waals surface area contributed by atoms with E-state index in [4.69, 9.17) is 14.6 Å². The van der Waals surface area contributed by atoms with E-state index >= 15 is 0 Å². The molecule has 186 valence electrons. The lowest BCUT2D eigenvalue weighted by Crippen LogP contribution is -2.48. The van der Waals surface area contributed by atoms with Crippen molar-refractivity contribution in [3.63, 3.8) is 0 Å². The summed E-state index contributed by atoms with van der Waals surface area (Å²) in [5.74, 6) is -1.16. The first-order valence-corrected chi connectivity index (χ1v) is 13.1. The SMILES string of the molecule is CSCC[C@H](NC(=O)OCC1c2ccccc2-c2ccccc21)C(=O)NC[C@H]1C[C@@H](C(=O)O)CO1. The molecule has 1 aliphatic heterocycles. The molecule has 35 heavy (non-hydrogen) atoms. The van der Waals surface area contributed by atoms with Crippen molar-refractivity contribution in [2.24, 2.45) is 5.92 Å². The van der Waals surface area contributed by atoms with Gasteiger partial charge in [0.1, 0.15) is 12.6 Å². The van der Waals surface area contributed by atoms with E-state index in [1.807, 2.05) is 30.5 Å². The summed E-state index contributed by atoms with van der Waals surface area (Å²) in [6.45, 7) is 0.512. The van der Waals surface area contributed by atoms with Gasteiger partial charge in [0.05, 0.1) is 18.6 Å². The molecule has 3 N–H and O–H groups in total. The molecule has 0 bridgehead atoms. The van der Waals surface area contributed by atoms with Crippen LogP contribution < -0.4 is 10.6 Å². The zero-order valence-electron chi connectivity index (χ0n) is 19.6. The van der Waals surface area contributed by atoms with Crippen LogP contribution in [0.2, 0.25) is 0 Å². The maximum Gasteiger partial charge on any atom is 0.407 e. The second-order valence-corrected chi connectivity index (χ2v) is 9.76. The summed E-state index contributed by atoms with van der Waals surface area (Å²) in [5, 5.41) is 14.6. The van der Waals surface area contributed by atoms with Gasteiger partial charge in [0.25, 0.3) is 0 Å². The number of hydrogen-bond acceptors (Lipinski definition) is 6. The number of aliphatic carboxylic acids is 1. The summed E-state index contributed by atoms with van der Waals surface area (Å²) in [7, 11) is 0. The van der Waals surface area contributed by atoms with E-state index in [0.717, 1.165) is 22.3 Å². The highest BCUT2D eigenvalue weighted by molar-refractivity contribution is 7.98. The van der Waals surface area contributed by atoms with Gasteiger partial charge in [-0.15, -0.1) is 0 Å². The van der Waals surface area contributed by atoms with Gasteiger partial charge < -0.3 is 25.2 Å². The summed E-state index contributed by atoms with van der Waals surface area (Å²) in [4.78, 5) is 36.5. The van der Waals surface area contributed by atoms with Crippen LogP contribution in [-0.4, -0.2) is 67.0 Å². The molecule has 9 heteroatoms. The van der Waals surface area contributed by atoms with Gasteiger partial charge in [-0.2, -0.15) is 11.8 Å². The molecule has 1 aliphatic carbocycles. The van der Waals surface area contributed by atoms with E-state index in [9.17, 15) is 14.4 Å². The zero-order valence-corrected chi connectivity index (χ0v) is 20.4. The predicted octanol–water partition coefficient (Wildman–Crippen LogP) is 3.25. The van der Waals surface area contributed by atoms with Gasteiger partial charge in [0, 0.05) is 12.5 Å². The van der Waals surface area contributed by atoms with Crippen LogP contribution in [-0.2, 0) is 19.1 Å². The number of ether oxygens (including phenoxy) is 2. The Balaban J connectivity index is 1.32. The highest BCUT2D eigenvalue weighted by Gasteiger charge is 2.32. The molecule has 2 aliphatic rings. The second-order valence-electron chi connectivity index (χ2n) is 8.78. The average Bonchev–Trinajstić information content (AvgIpc) is 3.47. The monoisotopic (exact) mass is 498 g/mol. The molecule has 0 spiro atoms. The molecule has 1 saturated heterocycles. The highest BCUT2D eigenvalue weighted by atomic mass is 32.2. The molecular weight excluding hydrogens is 468 g/mol. The average molecular weight is 499 g/mol. The van der Waals surface area contributed by atoms with Crippen molar-refractivity contribution in [2.75, 3.05) is 31.8 Å². The lowest BCUT2D eigenvalue weighted by atomic mass is 9.98. The Hall–Kier alpha value is -3.04. The summed E-state index contributed by atoms with van der Waals surface area (Å²) in [5.41, 5.74) is 4.53. The molecule has 2 aromatic carbocycles. The summed E-state index contributed by atoms with van der Waals surface area (Å²) < 4.78 is 11.1. The van der Waals surface area contributed by atoms with Gasteiger partial charge in [-0.25, -0.2) is 4.79 Å². The third-order valence-electron chi connectivity index (χ3n) is 6.50. The van der Waals surface area contributed by atoms with Crippen molar-refractivity contribution in [1.82, 2.24) is 10.6 Å². The van der Waals surface area contributed by atoms with Crippen LogP contribution in [0.5, 0.6) is 0 Å². The Bertz CT molecular complexity index is 1030. The molecule has 0 saturated carbocycles. The third kappa shape index (κ3) is 5.97. The lowest BCUT2D eigenvalue weighted by molar-refractivity contribution is -0.141. The number of nitrogens with one attached hydrogen (secondary N) is 2. The molecular formula is C26H30N2O6S. The third-order valence-corrected chi connectivity index (χ3v) is 7.14. The molecule has 0 aromatic heterocycles. The fraction of sp³-hybridized carbons (Fsp3) is 0.423. The van der Waals surface area contributed by atoms with Gasteiger partial charge in [-0.3, -0.25) is 9.59 Å². The number of alkyl carbamates (subject to hydrolysis) is 1. The first-order valence-electron chi connectivity index (χ1n) is 11.7. The highest BCUT2D eigenvalue weighted by Crippen LogP contribution is 2.44. The van der Waals surface area contributed by atoms with E-state index in [-0.39, 0.29) is 37.7 Å². The molecule has 0 radical (unpaired) electrons. The van der Waals surface area contributed by atoms with Gasteiger partial charge in [0.2, 0.25) is 5.91 Å². The van der Waals surface area contributed by atoms with E-state index in [2.05, 4.69) is 34.9 Å². The summed E-state index contributed by atoms with van der Waals surface area (Å²) >= 11 is 1.58. The molecule has 1 heterocycles. The molecule has 4 rings (SSSR count). The van der Waals surface area contributed by atoms with Crippen molar-refractivity contribution in [1.29, 1.82) is 0 Å². The first kappa shape index (κ1) is 25.1. The van der Waals surface area contributed by atoms with Gasteiger partial charge in [-0.05, 0) is 47.1 Å². The second kappa shape index (κ2) is 11.6. The minimum Gasteiger partial charge on any atom is -0.481 e. The summed E-state index contributed by atoms with van der Waals surface area (Å²) in [6.07, 6.45) is 1.73. The lowest BCUT2D eigenvalue weighted by Gasteiger charge is -2.20. The number of fused-ring (bicyclic) bond motifs is 3. The number of carboxylic acid groups (broad SMARTS) is 1. The van der Waals surface area contributed by atoms with Crippen LogP contribution in [0.1, 0.15) is 29.9 Å². The fourth-order valence-electron chi connectivity index (χ4n) is 4.64. The predicted molar refractivity (Wildman–Crippen MR) is 133 cm³/mol. The van der Waals surface area contributed by atoms with Crippen molar-refractivity contribution in [3.8, 4) is 11.1 Å². The minimum atomic E-state index is -0.895. The number of amides is 2. The Labute approximate surface area is 208 Å². The molecule has 2 amide bonds. The van der Waals surface area contributed by atoms with Gasteiger partial charge in [-0.1, -0.05) is 48.5 Å². The largest absolute Gasteiger partial charge is 0.481 e. The standard InChI is InChI=1S/C26H30N2O6S/c1-35-11-10-23(24(29)27-13-17-12-16(14-33-17)25(30)31)28-26(32)34-15-22-20-8-4-2-6-18(20)19-7-3-5-9-21(19)22/h2-9,16-17,22-23H,10-15H2,1H3,(H,27,29)(H,28,32)(H,30,31)/t16-,17-,23+/m1/s1. The van der Waals surface area contributed by atoms with Crippen LogP contribution in [0.25, 0.3) is 11.1 Å². The van der Waals surface area contributed by atoms with E-state index < -0.39 is 24.0 Å². The van der Waals surface area contributed by atoms with Crippen molar-refractivity contribution in [2.45, 2.75) is 30.9 Å². The Morgan fingerprint density at radius 2 is 1.77 bits per heavy atom. The maximum atomic E-state index is 12.8.